The molecule has 1 atom stereocenters. The molecule has 0 aromatic carbocycles. The van der Waals surface area contributed by atoms with Gasteiger partial charge in [-0.25, -0.2) is 0 Å². The Balaban J connectivity index is 2.25. The van der Waals surface area contributed by atoms with E-state index in [1.165, 1.54) is 19.3 Å². The highest BCUT2D eigenvalue weighted by molar-refractivity contribution is 5.16. The van der Waals surface area contributed by atoms with Gasteiger partial charge in [-0.2, -0.15) is 0 Å². The van der Waals surface area contributed by atoms with E-state index in [0.717, 1.165) is 19.5 Å². The first kappa shape index (κ1) is 14.0. The Labute approximate surface area is 103 Å². The maximum Gasteiger partial charge on any atom is 0.315 e. The van der Waals surface area contributed by atoms with Crippen LogP contribution >= 0.6 is 0 Å². The predicted molar refractivity (Wildman–Crippen MR) is 69.0 cm³/mol. The molecule has 0 saturated carbocycles. The summed E-state index contributed by atoms with van der Waals surface area (Å²) in [5, 5.41) is 14.4. The van der Waals surface area contributed by atoms with Crippen LogP contribution in [0.3, 0.4) is 0 Å². The average molecular weight is 240 g/mol. The number of rotatable bonds is 9. The highest BCUT2D eigenvalue weighted by atomic mass is 16.4. The van der Waals surface area contributed by atoms with E-state index in [0.29, 0.717) is 11.9 Å². The Kier molecular flexibility index (Phi) is 6.62. The van der Waals surface area contributed by atoms with Crippen molar-refractivity contribution < 1.29 is 4.42 Å². The van der Waals surface area contributed by atoms with Gasteiger partial charge in [-0.05, 0) is 19.9 Å². The zero-order valence-electron chi connectivity index (χ0n) is 11.1. The SMILES string of the molecule is CCCCCCNc1nnc(C(C)NCC)o1. The van der Waals surface area contributed by atoms with Crippen LogP contribution in [0, 0.1) is 0 Å². The molecule has 1 aromatic rings. The van der Waals surface area contributed by atoms with Crippen LogP contribution in [0.25, 0.3) is 0 Å². The number of hydrogen-bond donors (Lipinski definition) is 2. The molecule has 5 nitrogen and oxygen atoms in total. The lowest BCUT2D eigenvalue weighted by Crippen LogP contribution is -2.17. The molecule has 1 aromatic heterocycles. The lowest BCUT2D eigenvalue weighted by atomic mass is 10.2. The second-order valence-corrected chi connectivity index (χ2v) is 4.21. The zero-order chi connectivity index (χ0) is 12.5. The molecule has 0 amide bonds. The molecule has 0 aliphatic heterocycles. The third-order valence-corrected chi connectivity index (χ3v) is 2.63. The number of anilines is 1. The molecule has 0 fully saturated rings. The Morgan fingerprint density at radius 2 is 2.00 bits per heavy atom. The molecule has 0 aliphatic rings. The van der Waals surface area contributed by atoms with Crippen molar-refractivity contribution in [2.75, 3.05) is 18.4 Å². The summed E-state index contributed by atoms with van der Waals surface area (Å²) >= 11 is 0. The topological polar surface area (TPSA) is 63.0 Å². The smallest absolute Gasteiger partial charge is 0.315 e. The fraction of sp³-hybridized carbons (Fsp3) is 0.833. The van der Waals surface area contributed by atoms with Crippen molar-refractivity contribution in [3.8, 4) is 0 Å². The molecule has 1 rings (SSSR count). The van der Waals surface area contributed by atoms with Gasteiger partial charge in [0.15, 0.2) is 0 Å². The number of nitrogens with one attached hydrogen (secondary N) is 2. The molecule has 1 unspecified atom stereocenters. The lowest BCUT2D eigenvalue weighted by Gasteiger charge is -2.05. The maximum absolute atomic E-state index is 5.51. The van der Waals surface area contributed by atoms with Gasteiger partial charge in [-0.1, -0.05) is 38.2 Å². The fourth-order valence-corrected chi connectivity index (χ4v) is 1.62. The van der Waals surface area contributed by atoms with Crippen molar-refractivity contribution in [1.82, 2.24) is 15.5 Å². The van der Waals surface area contributed by atoms with Gasteiger partial charge < -0.3 is 15.1 Å². The van der Waals surface area contributed by atoms with Crippen molar-refractivity contribution in [3.63, 3.8) is 0 Å². The second-order valence-electron chi connectivity index (χ2n) is 4.21. The summed E-state index contributed by atoms with van der Waals surface area (Å²) in [7, 11) is 0. The summed E-state index contributed by atoms with van der Waals surface area (Å²) in [5.41, 5.74) is 0. The van der Waals surface area contributed by atoms with Crippen LogP contribution in [-0.4, -0.2) is 23.3 Å². The molecule has 0 saturated heterocycles. The standard InChI is InChI=1S/C12H24N4O/c1-4-6-7-8-9-14-12-16-15-11(17-12)10(3)13-5-2/h10,13H,4-9H2,1-3H3,(H,14,16). The van der Waals surface area contributed by atoms with Gasteiger partial charge in [0, 0.05) is 6.54 Å². The number of aromatic nitrogens is 2. The van der Waals surface area contributed by atoms with Crippen LogP contribution in [0.4, 0.5) is 6.01 Å². The number of unbranched alkanes of at least 4 members (excludes halogenated alkanes) is 3. The van der Waals surface area contributed by atoms with Crippen molar-refractivity contribution in [3.05, 3.63) is 5.89 Å². The molecule has 2 N–H and O–H groups in total. The van der Waals surface area contributed by atoms with Crippen LogP contribution in [-0.2, 0) is 0 Å². The molecule has 0 spiro atoms. The molecule has 1 heterocycles. The van der Waals surface area contributed by atoms with E-state index in [4.69, 9.17) is 4.42 Å². The van der Waals surface area contributed by atoms with Gasteiger partial charge in [0.1, 0.15) is 0 Å². The lowest BCUT2D eigenvalue weighted by molar-refractivity contribution is 0.428. The minimum atomic E-state index is 0.114. The van der Waals surface area contributed by atoms with Crippen molar-refractivity contribution in [2.24, 2.45) is 0 Å². The number of nitrogens with zero attached hydrogens (tertiary/aromatic N) is 2. The van der Waals surface area contributed by atoms with E-state index in [9.17, 15) is 0 Å². The van der Waals surface area contributed by atoms with Gasteiger partial charge in [-0.3, -0.25) is 0 Å². The van der Waals surface area contributed by atoms with Gasteiger partial charge in [0.05, 0.1) is 6.04 Å². The van der Waals surface area contributed by atoms with E-state index < -0.39 is 0 Å². The van der Waals surface area contributed by atoms with Crippen LogP contribution in [0.1, 0.15) is 58.4 Å². The second kappa shape index (κ2) is 8.06. The van der Waals surface area contributed by atoms with Crippen molar-refractivity contribution >= 4 is 6.01 Å². The first-order valence-electron chi connectivity index (χ1n) is 6.58. The Hall–Kier alpha value is -1.10. The van der Waals surface area contributed by atoms with Crippen LogP contribution in [0.15, 0.2) is 4.42 Å². The van der Waals surface area contributed by atoms with Gasteiger partial charge in [0.25, 0.3) is 0 Å². The van der Waals surface area contributed by atoms with Crippen molar-refractivity contribution in [2.45, 2.75) is 52.5 Å². The summed E-state index contributed by atoms with van der Waals surface area (Å²) in [6, 6.07) is 0.643. The van der Waals surface area contributed by atoms with Gasteiger partial charge in [0.2, 0.25) is 5.89 Å². The number of hydrogen-bond acceptors (Lipinski definition) is 5. The van der Waals surface area contributed by atoms with Crippen LogP contribution in [0.5, 0.6) is 0 Å². The Morgan fingerprint density at radius 3 is 2.71 bits per heavy atom. The summed E-state index contributed by atoms with van der Waals surface area (Å²) in [6.07, 6.45) is 4.94. The van der Waals surface area contributed by atoms with E-state index in [-0.39, 0.29) is 6.04 Å². The fourth-order valence-electron chi connectivity index (χ4n) is 1.62. The molecular weight excluding hydrogens is 216 g/mol. The molecule has 0 aliphatic carbocycles. The summed E-state index contributed by atoms with van der Waals surface area (Å²) in [5.74, 6) is 0.642. The monoisotopic (exact) mass is 240 g/mol. The van der Waals surface area contributed by atoms with E-state index in [2.05, 4.69) is 34.7 Å². The van der Waals surface area contributed by atoms with Crippen LogP contribution < -0.4 is 10.6 Å². The maximum atomic E-state index is 5.51. The molecule has 0 radical (unpaired) electrons. The van der Waals surface area contributed by atoms with Crippen LogP contribution in [0.2, 0.25) is 0 Å². The summed E-state index contributed by atoms with van der Waals surface area (Å²) in [4.78, 5) is 0. The average Bonchev–Trinajstić information content (AvgIpc) is 2.78. The normalized spacial score (nSPS) is 12.6. The minimum Gasteiger partial charge on any atom is -0.406 e. The quantitative estimate of drug-likeness (QED) is 0.650. The molecule has 0 bridgehead atoms. The van der Waals surface area contributed by atoms with Gasteiger partial charge >= 0.3 is 6.01 Å². The highest BCUT2D eigenvalue weighted by Gasteiger charge is 2.11. The molecule has 5 heteroatoms. The van der Waals surface area contributed by atoms with E-state index in [1.807, 2.05) is 6.92 Å². The minimum absolute atomic E-state index is 0.114. The largest absolute Gasteiger partial charge is 0.406 e. The highest BCUT2D eigenvalue weighted by Crippen LogP contribution is 2.13. The Morgan fingerprint density at radius 1 is 1.18 bits per heavy atom. The first-order chi connectivity index (χ1) is 8.27. The molecule has 98 valence electrons. The van der Waals surface area contributed by atoms with E-state index in [1.54, 1.807) is 0 Å². The third-order valence-electron chi connectivity index (χ3n) is 2.63. The third kappa shape index (κ3) is 5.17. The predicted octanol–water partition coefficient (Wildman–Crippen LogP) is 2.73. The van der Waals surface area contributed by atoms with Crippen molar-refractivity contribution in [1.29, 1.82) is 0 Å². The molecular formula is C12H24N4O. The first-order valence-corrected chi connectivity index (χ1v) is 6.58. The Bertz CT molecular complexity index is 300. The van der Waals surface area contributed by atoms with E-state index >= 15 is 0 Å². The summed E-state index contributed by atoms with van der Waals surface area (Å²) in [6.45, 7) is 8.07. The summed E-state index contributed by atoms with van der Waals surface area (Å²) < 4.78 is 5.51. The zero-order valence-corrected chi connectivity index (χ0v) is 11.1. The molecule has 17 heavy (non-hydrogen) atoms. The van der Waals surface area contributed by atoms with Gasteiger partial charge in [-0.15, -0.1) is 5.10 Å².